The minimum absolute atomic E-state index is 0.288. The summed E-state index contributed by atoms with van der Waals surface area (Å²) in [5.41, 5.74) is 6.85. The van der Waals surface area contributed by atoms with Crippen LogP contribution >= 0.6 is 0 Å². The molecule has 1 nitrogen and oxygen atoms in total. The lowest BCUT2D eigenvalue weighted by Crippen LogP contribution is -2.26. The molecule has 1 aromatic rings. The number of nitrogens with one attached hydrogen (secondary N) is 1. The molecule has 1 saturated carbocycles. The Bertz CT molecular complexity index is 783. The van der Waals surface area contributed by atoms with Gasteiger partial charge in [0.2, 0.25) is 0 Å². The molecule has 1 heterocycles. The van der Waals surface area contributed by atoms with E-state index in [1.165, 1.54) is 60.0 Å². The fourth-order valence-corrected chi connectivity index (χ4v) is 4.14. The number of allylic oxidation sites excluding steroid dienone is 7. The molecule has 0 amide bonds. The SMILES string of the molecule is CC=C(C)C/C=C(\C=C(/C)C1C=C(CC2CCCC2)C=CN1)c1ccccc1. The molecule has 1 atom stereocenters. The predicted molar refractivity (Wildman–Crippen MR) is 123 cm³/mol. The van der Waals surface area contributed by atoms with Crippen molar-refractivity contribution in [3.05, 3.63) is 89.2 Å². The highest BCUT2D eigenvalue weighted by molar-refractivity contribution is 5.75. The molecule has 0 radical (unpaired) electrons. The second kappa shape index (κ2) is 10.3. The Hall–Kier alpha value is -2.28. The molecule has 1 aliphatic carbocycles. The zero-order valence-electron chi connectivity index (χ0n) is 17.7. The summed E-state index contributed by atoms with van der Waals surface area (Å²) in [5, 5.41) is 3.54. The third-order valence-electron chi connectivity index (χ3n) is 6.07. The Kier molecular flexibility index (Phi) is 7.54. The van der Waals surface area contributed by atoms with Crippen molar-refractivity contribution in [1.82, 2.24) is 5.32 Å². The minimum Gasteiger partial charge on any atom is -0.381 e. The van der Waals surface area contributed by atoms with E-state index in [2.05, 4.69) is 93.0 Å². The van der Waals surface area contributed by atoms with Crippen molar-refractivity contribution in [3.8, 4) is 0 Å². The van der Waals surface area contributed by atoms with Crippen LogP contribution in [0.1, 0.15) is 64.9 Å². The van der Waals surface area contributed by atoms with Crippen molar-refractivity contribution >= 4 is 5.57 Å². The molecule has 3 rings (SSSR count). The number of hydrogen-bond acceptors (Lipinski definition) is 1. The van der Waals surface area contributed by atoms with E-state index in [4.69, 9.17) is 0 Å². The maximum Gasteiger partial charge on any atom is 0.0658 e. The largest absolute Gasteiger partial charge is 0.381 e. The van der Waals surface area contributed by atoms with Gasteiger partial charge >= 0.3 is 0 Å². The average Bonchev–Trinajstić information content (AvgIpc) is 3.24. The summed E-state index contributed by atoms with van der Waals surface area (Å²) in [4.78, 5) is 0. The summed E-state index contributed by atoms with van der Waals surface area (Å²) in [6.45, 7) is 6.56. The molecule has 1 N–H and O–H groups in total. The van der Waals surface area contributed by atoms with Gasteiger partial charge in [-0.1, -0.05) is 85.9 Å². The maximum atomic E-state index is 3.54. The fraction of sp³-hybridized carbons (Fsp3) is 0.407. The van der Waals surface area contributed by atoms with Gasteiger partial charge in [-0.15, -0.1) is 0 Å². The van der Waals surface area contributed by atoms with Gasteiger partial charge in [-0.3, -0.25) is 0 Å². The number of hydrogen-bond donors (Lipinski definition) is 1. The van der Waals surface area contributed by atoms with Crippen LogP contribution in [0, 0.1) is 5.92 Å². The van der Waals surface area contributed by atoms with Gasteiger partial charge < -0.3 is 5.32 Å². The Labute approximate surface area is 171 Å². The first-order valence-electron chi connectivity index (χ1n) is 10.8. The molecule has 1 unspecified atom stereocenters. The van der Waals surface area contributed by atoms with Gasteiger partial charge in [0.1, 0.15) is 0 Å². The number of benzene rings is 1. The predicted octanol–water partition coefficient (Wildman–Crippen LogP) is 7.36. The zero-order valence-corrected chi connectivity index (χ0v) is 17.7. The summed E-state index contributed by atoms with van der Waals surface area (Å²) in [5.74, 6) is 0.891. The standard InChI is InChI=1S/C27H35N/c1-4-21(2)14-15-26(25-12-6-5-7-13-25)18-22(3)27-20-24(16-17-28-27)19-23-10-8-9-11-23/h4-7,12-13,15-18,20,23,27-28H,8-11,14,19H2,1-3H3/b21-4?,22-18+,26-15+. The molecule has 0 saturated heterocycles. The van der Waals surface area contributed by atoms with Crippen LogP contribution in [-0.4, -0.2) is 6.04 Å². The molecule has 1 fully saturated rings. The van der Waals surface area contributed by atoms with E-state index in [1.807, 2.05) is 0 Å². The summed E-state index contributed by atoms with van der Waals surface area (Å²) in [6.07, 6.45) is 21.6. The van der Waals surface area contributed by atoms with Gasteiger partial charge in [-0.05, 0) is 74.1 Å². The lowest BCUT2D eigenvalue weighted by Gasteiger charge is -2.22. The smallest absolute Gasteiger partial charge is 0.0658 e. The van der Waals surface area contributed by atoms with E-state index >= 15 is 0 Å². The Morgan fingerprint density at radius 3 is 2.57 bits per heavy atom. The zero-order chi connectivity index (χ0) is 19.8. The van der Waals surface area contributed by atoms with Crippen LogP contribution in [-0.2, 0) is 0 Å². The van der Waals surface area contributed by atoms with Gasteiger partial charge in [0, 0.05) is 0 Å². The molecule has 148 valence electrons. The maximum absolute atomic E-state index is 3.54. The van der Waals surface area contributed by atoms with E-state index in [-0.39, 0.29) is 6.04 Å². The van der Waals surface area contributed by atoms with Gasteiger partial charge in [0.05, 0.1) is 6.04 Å². The highest BCUT2D eigenvalue weighted by Gasteiger charge is 2.18. The van der Waals surface area contributed by atoms with Crippen molar-refractivity contribution in [3.63, 3.8) is 0 Å². The van der Waals surface area contributed by atoms with Crippen LogP contribution in [0.2, 0.25) is 0 Å². The molecule has 1 aromatic carbocycles. The van der Waals surface area contributed by atoms with Crippen molar-refractivity contribution in [2.75, 3.05) is 0 Å². The monoisotopic (exact) mass is 373 g/mol. The van der Waals surface area contributed by atoms with Crippen LogP contribution < -0.4 is 5.32 Å². The lowest BCUT2D eigenvalue weighted by molar-refractivity contribution is 0.544. The van der Waals surface area contributed by atoms with E-state index in [0.717, 1.165) is 12.3 Å². The molecule has 1 aliphatic heterocycles. The van der Waals surface area contributed by atoms with Crippen molar-refractivity contribution in [1.29, 1.82) is 0 Å². The topological polar surface area (TPSA) is 12.0 Å². The summed E-state index contributed by atoms with van der Waals surface area (Å²) < 4.78 is 0. The molecular weight excluding hydrogens is 338 g/mol. The quantitative estimate of drug-likeness (QED) is 0.389. The first-order chi connectivity index (χ1) is 13.7. The second-order valence-corrected chi connectivity index (χ2v) is 8.33. The van der Waals surface area contributed by atoms with Crippen LogP contribution in [0.25, 0.3) is 5.57 Å². The van der Waals surface area contributed by atoms with E-state index in [0.29, 0.717) is 0 Å². The van der Waals surface area contributed by atoms with Gasteiger partial charge in [0.15, 0.2) is 0 Å². The number of dihydropyridines is 1. The first kappa shape index (κ1) is 20.5. The third-order valence-corrected chi connectivity index (χ3v) is 6.07. The van der Waals surface area contributed by atoms with Crippen LogP contribution in [0.4, 0.5) is 0 Å². The second-order valence-electron chi connectivity index (χ2n) is 8.33. The molecule has 1 heteroatoms. The minimum atomic E-state index is 0.288. The van der Waals surface area contributed by atoms with Crippen LogP contribution in [0.5, 0.6) is 0 Å². The molecule has 0 spiro atoms. The summed E-state index contributed by atoms with van der Waals surface area (Å²) >= 11 is 0. The van der Waals surface area contributed by atoms with E-state index in [9.17, 15) is 0 Å². The Morgan fingerprint density at radius 1 is 1.11 bits per heavy atom. The summed E-state index contributed by atoms with van der Waals surface area (Å²) in [7, 11) is 0. The molecule has 0 bridgehead atoms. The molecule has 2 aliphatic rings. The number of rotatable bonds is 7. The fourth-order valence-electron chi connectivity index (χ4n) is 4.14. The summed E-state index contributed by atoms with van der Waals surface area (Å²) in [6, 6.07) is 11.0. The normalized spacial score (nSPS) is 21.6. The van der Waals surface area contributed by atoms with Gasteiger partial charge in [-0.2, -0.15) is 0 Å². The van der Waals surface area contributed by atoms with Crippen LogP contribution in [0.3, 0.4) is 0 Å². The highest BCUT2D eigenvalue weighted by Crippen LogP contribution is 2.31. The van der Waals surface area contributed by atoms with Gasteiger partial charge in [0.25, 0.3) is 0 Å². The Morgan fingerprint density at radius 2 is 1.86 bits per heavy atom. The van der Waals surface area contributed by atoms with E-state index in [1.54, 1.807) is 0 Å². The van der Waals surface area contributed by atoms with Crippen molar-refractivity contribution in [2.45, 2.75) is 65.3 Å². The Balaban J connectivity index is 1.79. The van der Waals surface area contributed by atoms with Crippen molar-refractivity contribution in [2.24, 2.45) is 5.92 Å². The molecule has 0 aromatic heterocycles. The molecular formula is C27H35N. The average molecular weight is 374 g/mol. The first-order valence-corrected chi connectivity index (χ1v) is 10.8. The molecule has 28 heavy (non-hydrogen) atoms. The van der Waals surface area contributed by atoms with E-state index < -0.39 is 0 Å². The highest BCUT2D eigenvalue weighted by atomic mass is 14.9. The lowest BCUT2D eigenvalue weighted by atomic mass is 9.92. The van der Waals surface area contributed by atoms with Crippen LogP contribution in [0.15, 0.2) is 83.6 Å². The van der Waals surface area contributed by atoms with Gasteiger partial charge in [-0.25, -0.2) is 0 Å². The third kappa shape index (κ3) is 5.86. The van der Waals surface area contributed by atoms with Crippen molar-refractivity contribution < 1.29 is 0 Å².